The van der Waals surface area contributed by atoms with Crippen LogP contribution in [0.5, 0.6) is 5.88 Å². The molecule has 2 N–H and O–H groups in total. The van der Waals surface area contributed by atoms with Gasteiger partial charge in [0, 0.05) is 17.8 Å². The van der Waals surface area contributed by atoms with Gasteiger partial charge in [0.1, 0.15) is 0 Å². The summed E-state index contributed by atoms with van der Waals surface area (Å²) in [6, 6.07) is 24.5. The molecule has 0 atom stereocenters. The first kappa shape index (κ1) is 18.4. The molecule has 29 heavy (non-hydrogen) atoms. The zero-order valence-corrected chi connectivity index (χ0v) is 15.9. The van der Waals surface area contributed by atoms with Crippen LogP contribution in [0, 0.1) is 0 Å². The molecular formula is C23H20N4O2. The quantitative estimate of drug-likeness (QED) is 0.512. The fourth-order valence-electron chi connectivity index (χ4n) is 2.95. The Balaban J connectivity index is 1.59. The number of carbonyl (C=O) groups is 1. The Morgan fingerprint density at radius 1 is 0.897 bits per heavy atom. The minimum absolute atomic E-state index is 0.172. The summed E-state index contributed by atoms with van der Waals surface area (Å²) in [6.45, 7) is 0.599. The van der Waals surface area contributed by atoms with E-state index in [4.69, 9.17) is 4.74 Å². The molecule has 4 rings (SSSR count). The topological polar surface area (TPSA) is 76.1 Å². The Bertz CT molecular complexity index is 1130. The Hall–Kier alpha value is -3.93. The highest BCUT2D eigenvalue weighted by Gasteiger charge is 2.11. The molecule has 0 unspecified atom stereocenters. The fraction of sp³-hybridized carbons (Fsp3) is 0.0870. The maximum absolute atomic E-state index is 12.4. The summed E-state index contributed by atoms with van der Waals surface area (Å²) in [7, 11) is 1.57. The Morgan fingerprint density at radius 3 is 2.34 bits per heavy atom. The highest BCUT2D eigenvalue weighted by atomic mass is 16.5. The third-order valence-electron chi connectivity index (χ3n) is 4.42. The van der Waals surface area contributed by atoms with Crippen LogP contribution in [0.4, 0.5) is 11.5 Å². The predicted octanol–water partition coefficient (Wildman–Crippen LogP) is 4.50. The number of fused-ring (bicyclic) bond motifs is 1. The number of hydrogen-bond acceptors (Lipinski definition) is 5. The number of amides is 1. The molecule has 1 amide bonds. The van der Waals surface area contributed by atoms with Gasteiger partial charge in [0.15, 0.2) is 5.82 Å². The molecule has 3 aromatic carbocycles. The zero-order valence-electron chi connectivity index (χ0n) is 15.9. The van der Waals surface area contributed by atoms with Gasteiger partial charge in [-0.15, -0.1) is 0 Å². The van der Waals surface area contributed by atoms with E-state index in [2.05, 4.69) is 20.6 Å². The summed E-state index contributed by atoms with van der Waals surface area (Å²) in [6.07, 6.45) is 0. The van der Waals surface area contributed by atoms with Crippen molar-refractivity contribution >= 4 is 28.4 Å². The van der Waals surface area contributed by atoms with Gasteiger partial charge in [-0.1, -0.05) is 48.5 Å². The van der Waals surface area contributed by atoms with Crippen molar-refractivity contribution in [2.24, 2.45) is 0 Å². The average Bonchev–Trinajstić information content (AvgIpc) is 2.78. The summed E-state index contributed by atoms with van der Waals surface area (Å²) in [4.78, 5) is 21.6. The van der Waals surface area contributed by atoms with Crippen molar-refractivity contribution in [1.29, 1.82) is 0 Å². The maximum atomic E-state index is 12.4. The van der Waals surface area contributed by atoms with Crippen molar-refractivity contribution in [2.45, 2.75) is 6.54 Å². The van der Waals surface area contributed by atoms with Crippen LogP contribution < -0.4 is 15.4 Å². The summed E-state index contributed by atoms with van der Waals surface area (Å²) in [5, 5.41) is 6.17. The second-order valence-corrected chi connectivity index (χ2v) is 6.44. The molecule has 0 bridgehead atoms. The molecular weight excluding hydrogens is 364 g/mol. The van der Waals surface area contributed by atoms with E-state index in [9.17, 15) is 4.79 Å². The summed E-state index contributed by atoms with van der Waals surface area (Å²) < 4.78 is 5.39. The molecule has 6 nitrogen and oxygen atoms in total. The van der Waals surface area contributed by atoms with Crippen molar-refractivity contribution in [2.75, 3.05) is 17.7 Å². The van der Waals surface area contributed by atoms with Gasteiger partial charge in [0.25, 0.3) is 11.8 Å². The number of nitrogens with one attached hydrogen (secondary N) is 2. The van der Waals surface area contributed by atoms with Crippen molar-refractivity contribution in [3.8, 4) is 5.88 Å². The van der Waals surface area contributed by atoms with Gasteiger partial charge >= 0.3 is 0 Å². The number of carbonyl (C=O) groups excluding carboxylic acids is 1. The zero-order chi connectivity index (χ0) is 20.1. The molecule has 0 fully saturated rings. The molecule has 6 heteroatoms. The van der Waals surface area contributed by atoms with Gasteiger partial charge in [-0.05, 0) is 35.9 Å². The minimum atomic E-state index is -0.172. The lowest BCUT2D eigenvalue weighted by atomic mass is 10.2. The molecule has 144 valence electrons. The van der Waals surface area contributed by atoms with Gasteiger partial charge in [-0.2, -0.15) is 0 Å². The van der Waals surface area contributed by atoms with E-state index < -0.39 is 0 Å². The number of benzene rings is 3. The van der Waals surface area contributed by atoms with Crippen LogP contribution in [0.25, 0.3) is 11.0 Å². The van der Waals surface area contributed by atoms with Crippen LogP contribution in [0.2, 0.25) is 0 Å². The standard InChI is InChI=1S/C23H20N4O2/c1-29-23-21(24-15-16-8-4-2-5-9-16)26-20-14-18(12-13-19(20)27-23)25-22(28)17-10-6-3-7-11-17/h2-14H,15H2,1H3,(H,24,26)(H,25,28). The molecule has 0 spiro atoms. The molecule has 1 heterocycles. The van der Waals surface area contributed by atoms with Crippen molar-refractivity contribution in [1.82, 2.24) is 9.97 Å². The average molecular weight is 384 g/mol. The van der Waals surface area contributed by atoms with Crippen LogP contribution in [-0.4, -0.2) is 23.0 Å². The summed E-state index contributed by atoms with van der Waals surface area (Å²) >= 11 is 0. The van der Waals surface area contributed by atoms with Crippen molar-refractivity contribution in [3.05, 3.63) is 90.0 Å². The Morgan fingerprint density at radius 2 is 1.62 bits per heavy atom. The maximum Gasteiger partial charge on any atom is 0.257 e. The highest BCUT2D eigenvalue weighted by Crippen LogP contribution is 2.25. The molecule has 0 aliphatic rings. The molecule has 0 aliphatic carbocycles. The highest BCUT2D eigenvalue weighted by molar-refractivity contribution is 6.04. The summed E-state index contributed by atoms with van der Waals surface area (Å²) in [5.74, 6) is 0.804. The van der Waals surface area contributed by atoms with Crippen molar-refractivity contribution < 1.29 is 9.53 Å². The fourth-order valence-corrected chi connectivity index (χ4v) is 2.95. The van der Waals surface area contributed by atoms with Gasteiger partial charge in [0.2, 0.25) is 0 Å². The first-order chi connectivity index (χ1) is 14.2. The largest absolute Gasteiger partial charge is 0.478 e. The number of ether oxygens (including phenoxy) is 1. The van der Waals surface area contributed by atoms with E-state index in [1.807, 2.05) is 54.6 Å². The van der Waals surface area contributed by atoms with Gasteiger partial charge in [0.05, 0.1) is 18.1 Å². The first-order valence-corrected chi connectivity index (χ1v) is 9.23. The van der Waals surface area contributed by atoms with E-state index in [1.54, 1.807) is 31.4 Å². The molecule has 0 saturated carbocycles. The lowest BCUT2D eigenvalue weighted by Gasteiger charge is -2.12. The van der Waals surface area contributed by atoms with E-state index in [0.717, 1.165) is 5.56 Å². The van der Waals surface area contributed by atoms with Crippen LogP contribution in [0.3, 0.4) is 0 Å². The van der Waals surface area contributed by atoms with Gasteiger partial charge in [-0.3, -0.25) is 4.79 Å². The molecule has 0 radical (unpaired) electrons. The number of rotatable bonds is 6. The van der Waals surface area contributed by atoms with E-state index in [1.165, 1.54) is 0 Å². The Labute approximate surface area is 168 Å². The molecule has 4 aromatic rings. The first-order valence-electron chi connectivity index (χ1n) is 9.23. The molecule has 1 aromatic heterocycles. The van der Waals surface area contributed by atoms with Crippen LogP contribution in [-0.2, 0) is 6.54 Å². The van der Waals surface area contributed by atoms with E-state index in [0.29, 0.717) is 40.5 Å². The van der Waals surface area contributed by atoms with E-state index >= 15 is 0 Å². The monoisotopic (exact) mass is 384 g/mol. The van der Waals surface area contributed by atoms with Crippen molar-refractivity contribution in [3.63, 3.8) is 0 Å². The number of aromatic nitrogens is 2. The van der Waals surface area contributed by atoms with E-state index in [-0.39, 0.29) is 5.91 Å². The Kier molecular flexibility index (Phi) is 5.33. The molecule has 0 saturated heterocycles. The van der Waals surface area contributed by atoms with Crippen LogP contribution >= 0.6 is 0 Å². The number of methoxy groups -OCH3 is 1. The number of anilines is 2. The lowest BCUT2D eigenvalue weighted by Crippen LogP contribution is -2.11. The van der Waals surface area contributed by atoms with Gasteiger partial charge < -0.3 is 15.4 Å². The van der Waals surface area contributed by atoms with Crippen LogP contribution in [0.15, 0.2) is 78.9 Å². The SMILES string of the molecule is COc1nc2ccc(NC(=O)c3ccccc3)cc2nc1NCc1ccccc1. The summed E-state index contributed by atoms with van der Waals surface area (Å²) in [5.41, 5.74) is 3.72. The third-order valence-corrected chi connectivity index (χ3v) is 4.42. The smallest absolute Gasteiger partial charge is 0.257 e. The normalized spacial score (nSPS) is 10.5. The lowest BCUT2D eigenvalue weighted by molar-refractivity contribution is 0.102. The second-order valence-electron chi connectivity index (χ2n) is 6.44. The van der Waals surface area contributed by atoms with Crippen LogP contribution in [0.1, 0.15) is 15.9 Å². The number of hydrogen-bond donors (Lipinski definition) is 2. The minimum Gasteiger partial charge on any atom is -0.478 e. The predicted molar refractivity (Wildman–Crippen MR) is 114 cm³/mol. The van der Waals surface area contributed by atoms with Gasteiger partial charge in [-0.25, -0.2) is 9.97 Å². The number of nitrogens with zero attached hydrogens (tertiary/aromatic N) is 2. The third kappa shape index (κ3) is 4.32. The second kappa shape index (κ2) is 8.39. The molecule has 0 aliphatic heterocycles.